The molecule has 8 nitrogen and oxygen atoms in total. The van der Waals surface area contributed by atoms with Crippen LogP contribution in [0.1, 0.15) is 5.89 Å². The molecule has 0 bridgehead atoms. The van der Waals surface area contributed by atoms with E-state index >= 15 is 0 Å². The van der Waals surface area contributed by atoms with E-state index in [4.69, 9.17) is 14.0 Å². The van der Waals surface area contributed by atoms with Gasteiger partial charge in [-0.25, -0.2) is 0 Å². The molecule has 1 unspecified atom stereocenters. The molecule has 0 saturated carbocycles. The third-order valence-electron chi connectivity index (χ3n) is 3.92. The Labute approximate surface area is 149 Å². The number of carbonyl (C=O) groups excluding carboxylic acids is 1. The summed E-state index contributed by atoms with van der Waals surface area (Å²) in [4.78, 5) is 22.4. The molecule has 8 heteroatoms. The molecular formula is C18H16N4O4. The van der Waals surface area contributed by atoms with Crippen molar-refractivity contribution < 1.29 is 18.8 Å². The number of hydrogen-bond acceptors (Lipinski definition) is 7. The molecule has 1 aromatic carbocycles. The average molecular weight is 352 g/mol. The van der Waals surface area contributed by atoms with E-state index in [1.807, 2.05) is 18.2 Å². The Morgan fingerprint density at radius 3 is 2.88 bits per heavy atom. The van der Waals surface area contributed by atoms with E-state index in [1.54, 1.807) is 37.6 Å². The van der Waals surface area contributed by atoms with E-state index < -0.39 is 6.10 Å². The molecule has 0 N–H and O–H groups in total. The zero-order chi connectivity index (χ0) is 17.9. The van der Waals surface area contributed by atoms with Crippen molar-refractivity contribution in [3.05, 3.63) is 54.7 Å². The summed E-state index contributed by atoms with van der Waals surface area (Å²) < 4.78 is 16.6. The van der Waals surface area contributed by atoms with Crippen LogP contribution in [0.25, 0.3) is 11.4 Å². The number of rotatable bonds is 4. The third-order valence-corrected chi connectivity index (χ3v) is 3.92. The van der Waals surface area contributed by atoms with Crippen LogP contribution < -0.4 is 9.47 Å². The van der Waals surface area contributed by atoms with E-state index in [-0.39, 0.29) is 19.1 Å². The summed E-state index contributed by atoms with van der Waals surface area (Å²) in [5.74, 6) is 1.73. The van der Waals surface area contributed by atoms with Gasteiger partial charge in [0.15, 0.2) is 11.5 Å². The number of nitrogens with zero attached hydrogens (tertiary/aromatic N) is 4. The molecule has 132 valence electrons. The predicted molar refractivity (Wildman–Crippen MR) is 90.4 cm³/mol. The Morgan fingerprint density at radius 1 is 1.23 bits per heavy atom. The summed E-state index contributed by atoms with van der Waals surface area (Å²) in [5.41, 5.74) is 0.747. The number of hydrogen-bond donors (Lipinski definition) is 0. The van der Waals surface area contributed by atoms with Crippen LogP contribution in [0.5, 0.6) is 11.5 Å². The van der Waals surface area contributed by atoms with Crippen LogP contribution in [0.3, 0.4) is 0 Å². The molecule has 1 atom stereocenters. The quantitative estimate of drug-likeness (QED) is 0.708. The number of likely N-dealkylation sites (N-methyl/N-ethyl adjacent to an activating group) is 1. The maximum absolute atomic E-state index is 12.6. The van der Waals surface area contributed by atoms with Gasteiger partial charge < -0.3 is 18.9 Å². The molecule has 2 aromatic heterocycles. The Hall–Kier alpha value is -3.42. The molecule has 0 saturated heterocycles. The third kappa shape index (κ3) is 3.21. The van der Waals surface area contributed by atoms with E-state index in [0.717, 1.165) is 5.56 Å². The standard InChI is InChI=1S/C18H16N4O4/c1-22(10-16-20-17(21-26-16)12-5-4-8-19-9-12)18(23)15-11-24-13-6-2-3-7-14(13)25-15/h2-9,15H,10-11H2,1H3. The molecule has 26 heavy (non-hydrogen) atoms. The van der Waals surface area contributed by atoms with E-state index in [2.05, 4.69) is 15.1 Å². The van der Waals surface area contributed by atoms with Gasteiger partial charge in [0, 0.05) is 25.0 Å². The monoisotopic (exact) mass is 352 g/mol. The smallest absolute Gasteiger partial charge is 0.267 e. The lowest BCUT2D eigenvalue weighted by Crippen LogP contribution is -2.44. The van der Waals surface area contributed by atoms with Crippen molar-refractivity contribution in [3.63, 3.8) is 0 Å². The van der Waals surface area contributed by atoms with Crippen molar-refractivity contribution in [3.8, 4) is 22.9 Å². The summed E-state index contributed by atoms with van der Waals surface area (Å²) in [5, 5.41) is 3.92. The van der Waals surface area contributed by atoms with Crippen LogP contribution in [-0.4, -0.2) is 45.7 Å². The molecule has 0 radical (unpaired) electrons. The van der Waals surface area contributed by atoms with Gasteiger partial charge >= 0.3 is 0 Å². The zero-order valence-electron chi connectivity index (χ0n) is 14.0. The Bertz CT molecular complexity index is 912. The van der Waals surface area contributed by atoms with Gasteiger partial charge in [0.2, 0.25) is 17.8 Å². The topological polar surface area (TPSA) is 90.6 Å². The lowest BCUT2D eigenvalue weighted by molar-refractivity contribution is -0.140. The fourth-order valence-corrected chi connectivity index (χ4v) is 2.60. The van der Waals surface area contributed by atoms with Gasteiger partial charge in [-0.05, 0) is 24.3 Å². The molecule has 0 spiro atoms. The second-order valence-corrected chi connectivity index (χ2v) is 5.81. The molecule has 1 aliphatic rings. The number of fused-ring (bicyclic) bond motifs is 1. The molecule has 3 heterocycles. The van der Waals surface area contributed by atoms with Crippen LogP contribution in [0.2, 0.25) is 0 Å². The fourth-order valence-electron chi connectivity index (χ4n) is 2.60. The molecule has 0 aliphatic carbocycles. The second kappa shape index (κ2) is 6.83. The Kier molecular flexibility index (Phi) is 4.22. The molecule has 0 fully saturated rings. The highest BCUT2D eigenvalue weighted by molar-refractivity contribution is 5.81. The first-order valence-corrected chi connectivity index (χ1v) is 8.07. The van der Waals surface area contributed by atoms with Crippen LogP contribution in [0.4, 0.5) is 0 Å². The lowest BCUT2D eigenvalue weighted by atomic mass is 10.2. The van der Waals surface area contributed by atoms with Gasteiger partial charge in [-0.2, -0.15) is 4.98 Å². The first-order valence-electron chi connectivity index (χ1n) is 8.07. The maximum atomic E-state index is 12.6. The van der Waals surface area contributed by atoms with Crippen molar-refractivity contribution in [2.24, 2.45) is 0 Å². The minimum absolute atomic E-state index is 0.158. The highest BCUT2D eigenvalue weighted by Gasteiger charge is 2.30. The first kappa shape index (κ1) is 16.1. The van der Waals surface area contributed by atoms with Gasteiger partial charge in [0.1, 0.15) is 6.61 Å². The zero-order valence-corrected chi connectivity index (χ0v) is 14.0. The number of carbonyl (C=O) groups is 1. The van der Waals surface area contributed by atoms with Crippen molar-refractivity contribution >= 4 is 5.91 Å². The van der Waals surface area contributed by atoms with E-state index in [1.165, 1.54) is 4.90 Å². The van der Waals surface area contributed by atoms with Crippen molar-refractivity contribution in [2.75, 3.05) is 13.7 Å². The van der Waals surface area contributed by atoms with Crippen LogP contribution in [-0.2, 0) is 11.3 Å². The van der Waals surface area contributed by atoms with Gasteiger partial charge in [0.05, 0.1) is 6.54 Å². The SMILES string of the molecule is CN(Cc1nc(-c2cccnc2)no1)C(=O)C1COc2ccccc2O1. The first-order chi connectivity index (χ1) is 12.7. The number of ether oxygens (including phenoxy) is 2. The predicted octanol–water partition coefficient (Wildman–Crippen LogP) is 1.93. The number of para-hydroxylation sites is 2. The van der Waals surface area contributed by atoms with Gasteiger partial charge in [-0.3, -0.25) is 9.78 Å². The van der Waals surface area contributed by atoms with Crippen LogP contribution in [0.15, 0.2) is 53.3 Å². The summed E-state index contributed by atoms with van der Waals surface area (Å²) in [6.07, 6.45) is 2.60. The summed E-state index contributed by atoms with van der Waals surface area (Å²) in [6, 6.07) is 10.9. The maximum Gasteiger partial charge on any atom is 0.267 e. The Morgan fingerprint density at radius 2 is 2.08 bits per heavy atom. The lowest BCUT2D eigenvalue weighted by Gasteiger charge is -2.28. The molecule has 1 aliphatic heterocycles. The van der Waals surface area contributed by atoms with Gasteiger partial charge in [0.25, 0.3) is 5.91 Å². The second-order valence-electron chi connectivity index (χ2n) is 5.81. The van der Waals surface area contributed by atoms with Crippen molar-refractivity contribution in [1.29, 1.82) is 0 Å². The summed E-state index contributed by atoms with van der Waals surface area (Å²) in [6.45, 7) is 0.332. The highest BCUT2D eigenvalue weighted by atomic mass is 16.6. The summed E-state index contributed by atoms with van der Waals surface area (Å²) in [7, 11) is 1.65. The molecule has 1 amide bonds. The summed E-state index contributed by atoms with van der Waals surface area (Å²) >= 11 is 0. The fraction of sp³-hybridized carbons (Fsp3) is 0.222. The molecule has 4 rings (SSSR count). The highest BCUT2D eigenvalue weighted by Crippen LogP contribution is 2.31. The number of aromatic nitrogens is 3. The largest absolute Gasteiger partial charge is 0.485 e. The van der Waals surface area contributed by atoms with Crippen LogP contribution in [0, 0.1) is 0 Å². The molecular weight excluding hydrogens is 336 g/mol. The van der Waals surface area contributed by atoms with Crippen LogP contribution >= 0.6 is 0 Å². The minimum Gasteiger partial charge on any atom is -0.485 e. The molecule has 3 aromatic rings. The Balaban J connectivity index is 1.42. The van der Waals surface area contributed by atoms with Crippen molar-refractivity contribution in [2.45, 2.75) is 12.6 Å². The van der Waals surface area contributed by atoms with Gasteiger partial charge in [-0.1, -0.05) is 17.3 Å². The van der Waals surface area contributed by atoms with E-state index in [9.17, 15) is 4.79 Å². The minimum atomic E-state index is -0.712. The van der Waals surface area contributed by atoms with E-state index in [0.29, 0.717) is 23.2 Å². The average Bonchev–Trinajstić information content (AvgIpc) is 3.16. The normalized spacial score (nSPS) is 15.5. The number of pyridine rings is 1. The van der Waals surface area contributed by atoms with Gasteiger partial charge in [-0.15, -0.1) is 0 Å². The van der Waals surface area contributed by atoms with Crippen molar-refractivity contribution in [1.82, 2.24) is 20.0 Å². The number of benzene rings is 1. The number of amides is 1.